The molecule has 0 atom stereocenters. The number of carbonyl (C=O) groups excluding carboxylic acids is 4. The van der Waals surface area contributed by atoms with Crippen molar-refractivity contribution in [3.63, 3.8) is 0 Å². The van der Waals surface area contributed by atoms with Gasteiger partial charge in [0, 0.05) is 18.0 Å². The summed E-state index contributed by atoms with van der Waals surface area (Å²) in [5.74, 6) is -0.986. The molecule has 0 aliphatic heterocycles. The normalized spacial score (nSPS) is 10.2. The van der Waals surface area contributed by atoms with Gasteiger partial charge in [0.2, 0.25) is 0 Å². The Morgan fingerprint density at radius 2 is 1.69 bits per heavy atom. The van der Waals surface area contributed by atoms with E-state index in [2.05, 4.69) is 5.32 Å². The lowest BCUT2D eigenvalue weighted by molar-refractivity contribution is -0.148. The van der Waals surface area contributed by atoms with Crippen molar-refractivity contribution in [2.45, 2.75) is 39.7 Å². The molecule has 0 aromatic heterocycles. The fourth-order valence-corrected chi connectivity index (χ4v) is 1.94. The number of hydrogen-bond acceptors (Lipinski definition) is 6. The molecule has 0 heterocycles. The second kappa shape index (κ2) is 10.9. The number of amides is 3. The molecule has 1 aromatic carbocycles. The smallest absolute Gasteiger partial charge is 0.321 e. The molecule has 8 nitrogen and oxygen atoms in total. The van der Waals surface area contributed by atoms with Crippen LogP contribution in [0, 0.1) is 0 Å². The highest BCUT2D eigenvalue weighted by Gasteiger charge is 2.13. The maximum atomic E-state index is 12.0. The molecule has 0 spiro atoms. The molecule has 2 N–H and O–H groups in total. The minimum Gasteiger partial charge on any atom is -0.494 e. The van der Waals surface area contributed by atoms with Gasteiger partial charge in [0.05, 0.1) is 13.0 Å². The summed E-state index contributed by atoms with van der Waals surface area (Å²) in [4.78, 5) is 46.4. The number of rotatable bonds is 9. The fraction of sp³-hybridized carbons (Fsp3) is 0.444. The summed E-state index contributed by atoms with van der Waals surface area (Å²) in [6.45, 7) is 5.30. The van der Waals surface area contributed by atoms with Crippen LogP contribution in [0.15, 0.2) is 24.3 Å². The lowest BCUT2D eigenvalue weighted by atomic mass is 10.1. The number of urea groups is 1. The van der Waals surface area contributed by atoms with Crippen molar-refractivity contribution in [3.05, 3.63) is 29.8 Å². The molecule has 3 amide bonds. The van der Waals surface area contributed by atoms with Crippen LogP contribution in [0.25, 0.3) is 0 Å². The zero-order chi connectivity index (χ0) is 19.5. The van der Waals surface area contributed by atoms with Gasteiger partial charge in [-0.3, -0.25) is 19.7 Å². The van der Waals surface area contributed by atoms with Crippen LogP contribution in [0.3, 0.4) is 0 Å². The van der Waals surface area contributed by atoms with Crippen molar-refractivity contribution in [1.29, 1.82) is 0 Å². The van der Waals surface area contributed by atoms with Crippen molar-refractivity contribution in [3.8, 4) is 5.75 Å². The van der Waals surface area contributed by atoms with E-state index in [4.69, 9.17) is 9.47 Å². The molecule has 26 heavy (non-hydrogen) atoms. The number of hydrogen-bond donors (Lipinski definition) is 2. The van der Waals surface area contributed by atoms with Gasteiger partial charge in [-0.1, -0.05) is 0 Å². The monoisotopic (exact) mass is 364 g/mol. The molecule has 8 heteroatoms. The zero-order valence-electron chi connectivity index (χ0n) is 15.2. The predicted molar refractivity (Wildman–Crippen MR) is 93.9 cm³/mol. The highest BCUT2D eigenvalue weighted by Crippen LogP contribution is 2.14. The molecule has 0 saturated carbocycles. The van der Waals surface area contributed by atoms with E-state index in [1.807, 2.05) is 12.2 Å². The summed E-state index contributed by atoms with van der Waals surface area (Å²) in [5.41, 5.74) is 0.462. The van der Waals surface area contributed by atoms with E-state index >= 15 is 0 Å². The number of ether oxygens (including phenoxy) is 2. The van der Waals surface area contributed by atoms with Crippen molar-refractivity contribution in [1.82, 2.24) is 10.6 Å². The molecule has 0 unspecified atom stereocenters. The van der Waals surface area contributed by atoms with E-state index in [0.717, 1.165) is 0 Å². The summed E-state index contributed by atoms with van der Waals surface area (Å²) in [6.07, 6.45) is -0.195. The van der Waals surface area contributed by atoms with Crippen LogP contribution in [-0.4, -0.2) is 42.9 Å². The summed E-state index contributed by atoms with van der Waals surface area (Å²) in [5, 5.41) is 4.49. The molecule has 1 rings (SSSR count). The Balaban J connectivity index is 2.31. The molecule has 0 radical (unpaired) electrons. The van der Waals surface area contributed by atoms with Crippen molar-refractivity contribution in [2.75, 3.05) is 13.2 Å². The van der Waals surface area contributed by atoms with Crippen LogP contribution in [0.5, 0.6) is 5.75 Å². The standard InChI is InChI=1S/C18H24N2O6/c1-4-25-14-7-5-13(6-8-14)15(21)9-10-17(23)26-11-16(22)20-18(24)19-12(2)3/h5-8,12H,4,9-11H2,1-3H3,(H2,19,20,22,24). The van der Waals surface area contributed by atoms with Gasteiger partial charge in [0.1, 0.15) is 5.75 Å². The first-order valence-corrected chi connectivity index (χ1v) is 8.33. The second-order valence-electron chi connectivity index (χ2n) is 5.72. The van der Waals surface area contributed by atoms with E-state index in [-0.39, 0.29) is 24.7 Å². The summed E-state index contributed by atoms with van der Waals surface area (Å²) >= 11 is 0. The number of nitrogens with one attached hydrogen (secondary N) is 2. The Morgan fingerprint density at radius 1 is 1.04 bits per heavy atom. The average Bonchev–Trinajstić information content (AvgIpc) is 2.58. The highest BCUT2D eigenvalue weighted by molar-refractivity contribution is 5.98. The molecule has 0 bridgehead atoms. The molecule has 142 valence electrons. The number of esters is 1. The summed E-state index contributed by atoms with van der Waals surface area (Å²) < 4.78 is 10.0. The molecular weight excluding hydrogens is 340 g/mol. The van der Waals surface area contributed by atoms with E-state index in [0.29, 0.717) is 17.9 Å². The first-order chi connectivity index (χ1) is 12.3. The average molecular weight is 364 g/mol. The minimum atomic E-state index is -0.741. The molecule has 0 fully saturated rings. The van der Waals surface area contributed by atoms with Gasteiger partial charge < -0.3 is 14.8 Å². The van der Waals surface area contributed by atoms with E-state index in [1.54, 1.807) is 38.1 Å². The van der Waals surface area contributed by atoms with Crippen LogP contribution in [-0.2, 0) is 14.3 Å². The lowest BCUT2D eigenvalue weighted by Crippen LogP contribution is -2.44. The Hall–Kier alpha value is -2.90. The third kappa shape index (κ3) is 8.27. The minimum absolute atomic E-state index is 0.0394. The molecule has 1 aromatic rings. The topological polar surface area (TPSA) is 111 Å². The maximum Gasteiger partial charge on any atom is 0.321 e. The van der Waals surface area contributed by atoms with E-state index < -0.39 is 24.5 Å². The van der Waals surface area contributed by atoms with Gasteiger partial charge >= 0.3 is 12.0 Å². The maximum absolute atomic E-state index is 12.0. The Labute approximate surface area is 152 Å². The predicted octanol–water partition coefficient (Wildman–Crippen LogP) is 1.83. The third-order valence-corrected chi connectivity index (χ3v) is 3.08. The van der Waals surface area contributed by atoms with Crippen LogP contribution < -0.4 is 15.4 Å². The molecular formula is C18H24N2O6. The van der Waals surface area contributed by atoms with Crippen LogP contribution in [0.1, 0.15) is 44.0 Å². The number of Topliss-reactive ketones (excluding diaryl/α,β-unsaturated/α-hetero) is 1. The van der Waals surface area contributed by atoms with Gasteiger partial charge in [0.15, 0.2) is 12.4 Å². The highest BCUT2D eigenvalue weighted by atomic mass is 16.5. The lowest BCUT2D eigenvalue weighted by Gasteiger charge is -2.09. The Morgan fingerprint density at radius 3 is 2.27 bits per heavy atom. The van der Waals surface area contributed by atoms with Crippen molar-refractivity contribution >= 4 is 23.7 Å². The SMILES string of the molecule is CCOc1ccc(C(=O)CCC(=O)OCC(=O)NC(=O)NC(C)C)cc1. The Kier molecular flexibility index (Phi) is 8.83. The molecule has 0 aliphatic rings. The quantitative estimate of drug-likeness (QED) is 0.511. The van der Waals surface area contributed by atoms with Crippen molar-refractivity contribution in [2.24, 2.45) is 0 Å². The van der Waals surface area contributed by atoms with Crippen LogP contribution in [0.2, 0.25) is 0 Å². The van der Waals surface area contributed by atoms with Crippen molar-refractivity contribution < 1.29 is 28.7 Å². The zero-order valence-corrected chi connectivity index (χ0v) is 15.2. The van der Waals surface area contributed by atoms with Gasteiger partial charge in [-0.2, -0.15) is 0 Å². The number of imide groups is 1. The van der Waals surface area contributed by atoms with Gasteiger partial charge in [-0.25, -0.2) is 4.79 Å². The third-order valence-electron chi connectivity index (χ3n) is 3.08. The second-order valence-corrected chi connectivity index (χ2v) is 5.72. The van der Waals surface area contributed by atoms with Crippen LogP contribution >= 0.6 is 0 Å². The van der Waals surface area contributed by atoms with Gasteiger partial charge in [-0.05, 0) is 45.0 Å². The number of ketones is 1. The largest absolute Gasteiger partial charge is 0.494 e. The number of benzene rings is 1. The van der Waals surface area contributed by atoms with Gasteiger partial charge in [-0.15, -0.1) is 0 Å². The van der Waals surface area contributed by atoms with Crippen LogP contribution in [0.4, 0.5) is 4.79 Å². The summed E-state index contributed by atoms with van der Waals surface area (Å²) in [7, 11) is 0. The van der Waals surface area contributed by atoms with E-state index in [9.17, 15) is 19.2 Å². The molecule has 0 aliphatic carbocycles. The van der Waals surface area contributed by atoms with E-state index in [1.165, 1.54) is 0 Å². The fourth-order valence-electron chi connectivity index (χ4n) is 1.94. The first-order valence-electron chi connectivity index (χ1n) is 8.33. The molecule has 0 saturated heterocycles. The van der Waals surface area contributed by atoms with Gasteiger partial charge in [0.25, 0.3) is 5.91 Å². The Bertz CT molecular complexity index is 640. The summed E-state index contributed by atoms with van der Waals surface area (Å²) in [6, 6.07) is 5.83. The first kappa shape index (κ1) is 21.1. The number of carbonyl (C=O) groups is 4.